The van der Waals surface area contributed by atoms with Crippen LogP contribution in [0.15, 0.2) is 0 Å². The first kappa shape index (κ1) is 5.60. The van der Waals surface area contributed by atoms with E-state index in [2.05, 4.69) is 17.9 Å². The van der Waals surface area contributed by atoms with Gasteiger partial charge in [0.25, 0.3) is 0 Å². The van der Waals surface area contributed by atoms with Crippen LogP contribution in [0.1, 0.15) is 13.8 Å². The molecule has 0 saturated heterocycles. The van der Waals surface area contributed by atoms with Gasteiger partial charge in [0.2, 0.25) is 0 Å². The molecule has 0 aliphatic rings. The fourth-order valence-electron chi connectivity index (χ4n) is 0.154. The molecule has 0 aromatic carbocycles. The van der Waals surface area contributed by atoms with E-state index in [4.69, 9.17) is 0 Å². The molecule has 0 aromatic rings. The molecule has 5 heavy (non-hydrogen) atoms. The summed E-state index contributed by atoms with van der Waals surface area (Å²) in [6.07, 6.45) is 0. The summed E-state index contributed by atoms with van der Waals surface area (Å²) in [5.41, 5.74) is 0. The molecule has 0 spiro atoms. The van der Waals surface area contributed by atoms with Gasteiger partial charge in [-0.2, -0.15) is 0 Å². The average molecular weight is 184 g/mol. The van der Waals surface area contributed by atoms with Crippen molar-refractivity contribution in [1.29, 1.82) is 0 Å². The lowest BCUT2D eigenvalue weighted by Gasteiger charge is -1.64. The standard InChI is InChI=1S/C4H9I/c1-3-5-4-2/h3H,4H2,1-2H3. The second kappa shape index (κ2) is 4.60. The normalized spacial score (nSPS) is 11.6. The number of hydrogen-bond donors (Lipinski definition) is 0. The lowest BCUT2D eigenvalue weighted by Crippen LogP contribution is -1.48. The summed E-state index contributed by atoms with van der Waals surface area (Å²) in [6.45, 7) is 4.37. The summed E-state index contributed by atoms with van der Waals surface area (Å²) in [6, 6.07) is 0. The minimum Gasteiger partial charge on any atom is -0.128 e. The molecule has 0 heterocycles. The summed E-state index contributed by atoms with van der Waals surface area (Å²) < 4.78 is 3.69. The Balaban J connectivity index is 2.62. The molecule has 0 saturated carbocycles. The van der Waals surface area contributed by atoms with Crippen LogP contribution in [-0.4, -0.2) is 8.44 Å². The van der Waals surface area contributed by atoms with Crippen LogP contribution < -0.4 is 0 Å². The topological polar surface area (TPSA) is 0 Å². The zero-order chi connectivity index (χ0) is 4.12. The maximum absolute atomic E-state index is 2.29. The van der Waals surface area contributed by atoms with E-state index >= 15 is 0 Å². The second-order valence-electron chi connectivity index (χ2n) is 0.640. The van der Waals surface area contributed by atoms with Gasteiger partial charge in [-0.3, -0.25) is 0 Å². The first-order valence-corrected chi connectivity index (χ1v) is 4.54. The predicted molar refractivity (Wildman–Crippen MR) is 36.3 cm³/mol. The Morgan fingerprint density at radius 2 is 2.40 bits per heavy atom. The van der Waals surface area contributed by atoms with Crippen LogP contribution in [0, 0.1) is 0 Å². The van der Waals surface area contributed by atoms with Crippen molar-refractivity contribution in [3.8, 4) is 0 Å². The Labute approximate surface area is 43.3 Å². The quantitative estimate of drug-likeness (QED) is 0.430. The fourth-order valence-corrected chi connectivity index (χ4v) is 1.04. The van der Waals surface area contributed by atoms with E-state index in [1.807, 2.05) is 0 Å². The van der Waals surface area contributed by atoms with Gasteiger partial charge in [0, 0.05) is 0 Å². The SMILES string of the molecule is CC=ICC. The maximum atomic E-state index is 2.29. The number of halogens is 1. The Hall–Kier alpha value is 0.600. The van der Waals surface area contributed by atoms with E-state index in [-0.39, 0.29) is 0 Å². The molecule has 0 aliphatic carbocycles. The fraction of sp³-hybridized carbons (Fsp3) is 0.750. The van der Waals surface area contributed by atoms with E-state index in [0.29, 0.717) is 20.7 Å². The van der Waals surface area contributed by atoms with Gasteiger partial charge in [-0.25, -0.2) is 0 Å². The van der Waals surface area contributed by atoms with E-state index in [0.717, 1.165) is 0 Å². The Bertz CT molecular complexity index is 30.6. The minimum absolute atomic E-state index is 0.506. The Morgan fingerprint density at radius 1 is 1.80 bits per heavy atom. The zero-order valence-corrected chi connectivity index (χ0v) is 5.82. The minimum atomic E-state index is 0.506. The number of rotatable bonds is 1. The summed E-state index contributed by atoms with van der Waals surface area (Å²) in [5.74, 6) is 0. The molecule has 0 radical (unpaired) electrons. The van der Waals surface area contributed by atoms with Gasteiger partial charge < -0.3 is 0 Å². The van der Waals surface area contributed by atoms with E-state index in [1.165, 1.54) is 4.43 Å². The molecule has 0 aliphatic heterocycles. The summed E-state index contributed by atoms with van der Waals surface area (Å²) >= 11 is 0.506. The van der Waals surface area contributed by atoms with Crippen LogP contribution in [0.25, 0.3) is 0 Å². The molecule has 0 bridgehead atoms. The summed E-state index contributed by atoms with van der Waals surface area (Å²) in [5, 5.41) is 0. The van der Waals surface area contributed by atoms with Crippen LogP contribution in [0.4, 0.5) is 0 Å². The van der Waals surface area contributed by atoms with Crippen LogP contribution in [0.2, 0.25) is 0 Å². The molecule has 0 unspecified atom stereocenters. The molecule has 0 nitrogen and oxygen atoms in total. The van der Waals surface area contributed by atoms with Crippen molar-refractivity contribution in [2.45, 2.75) is 13.8 Å². The largest absolute Gasteiger partial charge is 0.128 e. The van der Waals surface area contributed by atoms with Crippen molar-refractivity contribution in [2.24, 2.45) is 0 Å². The molecule has 0 N–H and O–H groups in total. The highest BCUT2D eigenvalue weighted by atomic mass is 127. The highest BCUT2D eigenvalue weighted by Gasteiger charge is 1.52. The lowest BCUT2D eigenvalue weighted by molar-refractivity contribution is 1.58. The average Bonchev–Trinajstić information content (AvgIpc) is 1.41. The van der Waals surface area contributed by atoms with Gasteiger partial charge in [-0.15, -0.1) is 20.7 Å². The molecule has 0 aromatic heterocycles. The lowest BCUT2D eigenvalue weighted by atomic mass is 11.0. The van der Waals surface area contributed by atoms with Gasteiger partial charge in [0.15, 0.2) is 0 Å². The Kier molecular flexibility index (Phi) is 5.15. The van der Waals surface area contributed by atoms with E-state index < -0.39 is 0 Å². The molecular weight excluding hydrogens is 175 g/mol. The molecule has 0 fully saturated rings. The van der Waals surface area contributed by atoms with Gasteiger partial charge in [0.05, 0.1) is 0 Å². The predicted octanol–water partition coefficient (Wildman–Crippen LogP) is 1.80. The molecular formula is C4H9I. The van der Waals surface area contributed by atoms with Crippen LogP contribution in [0.3, 0.4) is 0 Å². The second-order valence-corrected chi connectivity index (χ2v) is 4.29. The third kappa shape index (κ3) is 4.60. The molecule has 1 heteroatoms. The van der Waals surface area contributed by atoms with Gasteiger partial charge in [-0.05, 0) is 11.4 Å². The monoisotopic (exact) mass is 184 g/mol. The maximum Gasteiger partial charge on any atom is -0.00838 e. The van der Waals surface area contributed by atoms with Crippen molar-refractivity contribution < 1.29 is 0 Å². The highest BCUT2D eigenvalue weighted by Crippen LogP contribution is 1.87. The smallest absolute Gasteiger partial charge is 0.00838 e. The number of alkyl halides is 1. The van der Waals surface area contributed by atoms with Crippen molar-refractivity contribution in [2.75, 3.05) is 4.43 Å². The van der Waals surface area contributed by atoms with Crippen LogP contribution in [0.5, 0.6) is 0 Å². The first-order chi connectivity index (χ1) is 2.41. The van der Waals surface area contributed by atoms with Crippen molar-refractivity contribution in [3.63, 3.8) is 0 Å². The highest BCUT2D eigenvalue weighted by molar-refractivity contribution is 14.2. The summed E-state index contributed by atoms with van der Waals surface area (Å²) in [4.78, 5) is 0. The number of hydrogen-bond acceptors (Lipinski definition) is 0. The molecule has 0 rings (SSSR count). The van der Waals surface area contributed by atoms with Gasteiger partial charge >= 0.3 is 0 Å². The Morgan fingerprint density at radius 3 is 2.40 bits per heavy atom. The van der Waals surface area contributed by atoms with E-state index in [9.17, 15) is 0 Å². The first-order valence-electron chi connectivity index (χ1n) is 1.77. The van der Waals surface area contributed by atoms with Crippen LogP contribution >= 0.6 is 20.7 Å². The van der Waals surface area contributed by atoms with Gasteiger partial charge in [0.1, 0.15) is 0 Å². The summed E-state index contributed by atoms with van der Waals surface area (Å²) in [7, 11) is 0. The zero-order valence-electron chi connectivity index (χ0n) is 3.66. The van der Waals surface area contributed by atoms with Crippen LogP contribution in [-0.2, 0) is 0 Å². The third-order valence-electron chi connectivity index (χ3n) is 0.309. The third-order valence-corrected chi connectivity index (χ3v) is 2.07. The van der Waals surface area contributed by atoms with Crippen molar-refractivity contribution >= 4 is 24.7 Å². The molecule has 0 amide bonds. The van der Waals surface area contributed by atoms with Crippen molar-refractivity contribution in [1.82, 2.24) is 0 Å². The molecule has 0 atom stereocenters. The molecule has 32 valence electrons. The van der Waals surface area contributed by atoms with Gasteiger partial charge in [-0.1, -0.05) is 10.9 Å². The van der Waals surface area contributed by atoms with E-state index in [1.54, 1.807) is 0 Å². The van der Waals surface area contributed by atoms with Crippen molar-refractivity contribution in [3.05, 3.63) is 0 Å².